The Morgan fingerprint density at radius 3 is 2.75 bits per heavy atom. The van der Waals surface area contributed by atoms with Gasteiger partial charge in [-0.15, -0.1) is 0 Å². The lowest BCUT2D eigenvalue weighted by molar-refractivity contribution is 1.15. The molecule has 0 bridgehead atoms. The normalized spacial score (nSPS) is 10.2. The molecule has 66 valence electrons. The summed E-state index contributed by atoms with van der Waals surface area (Å²) in [5.74, 6) is 2.07. The zero-order valence-electron chi connectivity index (χ0n) is 6.79. The average Bonchev–Trinajstić information content (AvgIpc) is 2.09. The molecule has 0 aliphatic heterocycles. The second-order valence-electron chi connectivity index (χ2n) is 2.43. The van der Waals surface area contributed by atoms with Crippen molar-refractivity contribution in [3.8, 4) is 0 Å². The minimum Gasteiger partial charge on any atom is -0.330 e. The fraction of sp³-hybridized carbons (Fsp3) is 0.333. The van der Waals surface area contributed by atoms with Crippen molar-refractivity contribution in [2.24, 2.45) is 5.73 Å². The second-order valence-corrected chi connectivity index (χ2v) is 4.39. The summed E-state index contributed by atoms with van der Waals surface area (Å²) in [7, 11) is 0. The smallest absolute Gasteiger partial charge is 0.0215 e. The van der Waals surface area contributed by atoms with Crippen LogP contribution >= 0.6 is 27.7 Å². The summed E-state index contributed by atoms with van der Waals surface area (Å²) in [6, 6.07) is 8.29. The average molecular weight is 246 g/mol. The van der Waals surface area contributed by atoms with E-state index >= 15 is 0 Å². The van der Waals surface area contributed by atoms with Gasteiger partial charge in [-0.2, -0.15) is 11.8 Å². The van der Waals surface area contributed by atoms with Crippen LogP contribution in [0.5, 0.6) is 0 Å². The molecule has 0 aromatic heterocycles. The number of halogens is 1. The van der Waals surface area contributed by atoms with Crippen molar-refractivity contribution < 1.29 is 0 Å². The Kier molecular flexibility index (Phi) is 4.73. The van der Waals surface area contributed by atoms with Gasteiger partial charge < -0.3 is 5.73 Å². The van der Waals surface area contributed by atoms with Crippen LogP contribution < -0.4 is 5.73 Å². The number of hydrogen-bond donors (Lipinski definition) is 1. The molecule has 0 amide bonds. The van der Waals surface area contributed by atoms with Gasteiger partial charge in [0.25, 0.3) is 0 Å². The molecule has 0 saturated heterocycles. The zero-order valence-corrected chi connectivity index (χ0v) is 9.20. The van der Waals surface area contributed by atoms with Crippen LogP contribution in [-0.2, 0) is 5.75 Å². The quantitative estimate of drug-likeness (QED) is 0.826. The lowest BCUT2D eigenvalue weighted by Crippen LogP contribution is -2.01. The minimum atomic E-state index is 0.759. The summed E-state index contributed by atoms with van der Waals surface area (Å²) >= 11 is 5.37. The summed E-state index contributed by atoms with van der Waals surface area (Å²) in [6.45, 7) is 0.759. The van der Waals surface area contributed by atoms with Crippen LogP contribution in [0.25, 0.3) is 0 Å². The zero-order chi connectivity index (χ0) is 8.81. The van der Waals surface area contributed by atoms with E-state index in [1.807, 2.05) is 17.8 Å². The van der Waals surface area contributed by atoms with Gasteiger partial charge in [-0.3, -0.25) is 0 Å². The molecular formula is C9H12BrNS. The van der Waals surface area contributed by atoms with E-state index in [2.05, 4.69) is 34.1 Å². The van der Waals surface area contributed by atoms with Crippen LogP contribution in [0.2, 0.25) is 0 Å². The molecule has 12 heavy (non-hydrogen) atoms. The van der Waals surface area contributed by atoms with Crippen LogP contribution in [0.1, 0.15) is 5.56 Å². The molecule has 1 aromatic carbocycles. The van der Waals surface area contributed by atoms with E-state index < -0.39 is 0 Å². The highest BCUT2D eigenvalue weighted by atomic mass is 79.9. The maximum atomic E-state index is 5.40. The Balaban J connectivity index is 2.46. The molecule has 0 heterocycles. The highest BCUT2D eigenvalue weighted by Crippen LogP contribution is 2.20. The molecule has 0 unspecified atom stereocenters. The van der Waals surface area contributed by atoms with Gasteiger partial charge in [0.05, 0.1) is 0 Å². The maximum Gasteiger partial charge on any atom is 0.0215 e. The molecular weight excluding hydrogens is 234 g/mol. The number of rotatable bonds is 4. The number of thioether (sulfide) groups is 1. The Hall–Kier alpha value is 0.01000. The van der Waals surface area contributed by atoms with Crippen LogP contribution in [-0.4, -0.2) is 12.3 Å². The summed E-state index contributed by atoms with van der Waals surface area (Å²) < 4.78 is 1.19. The topological polar surface area (TPSA) is 26.0 Å². The Morgan fingerprint density at radius 2 is 2.08 bits per heavy atom. The summed E-state index contributed by atoms with van der Waals surface area (Å²) in [5, 5.41) is 0. The third-order valence-electron chi connectivity index (χ3n) is 1.48. The first-order valence-corrected chi connectivity index (χ1v) is 5.80. The third-order valence-corrected chi connectivity index (χ3v) is 3.29. The predicted octanol–water partition coefficient (Wildman–Crippen LogP) is 2.64. The maximum absolute atomic E-state index is 5.40. The van der Waals surface area contributed by atoms with E-state index in [0.717, 1.165) is 18.1 Å². The van der Waals surface area contributed by atoms with Crippen molar-refractivity contribution in [3.63, 3.8) is 0 Å². The molecule has 1 rings (SSSR count). The molecule has 0 aliphatic carbocycles. The van der Waals surface area contributed by atoms with Crippen LogP contribution in [0.15, 0.2) is 28.7 Å². The highest BCUT2D eigenvalue weighted by Gasteiger charge is 1.96. The van der Waals surface area contributed by atoms with Gasteiger partial charge >= 0.3 is 0 Å². The van der Waals surface area contributed by atoms with Gasteiger partial charge in [-0.05, 0) is 11.6 Å². The lowest BCUT2D eigenvalue weighted by Gasteiger charge is -2.02. The fourth-order valence-corrected chi connectivity index (χ4v) is 2.27. The van der Waals surface area contributed by atoms with Crippen molar-refractivity contribution in [2.45, 2.75) is 5.75 Å². The lowest BCUT2D eigenvalue weighted by atomic mass is 10.2. The molecule has 3 heteroatoms. The first-order chi connectivity index (χ1) is 5.84. The largest absolute Gasteiger partial charge is 0.330 e. The minimum absolute atomic E-state index is 0.759. The third kappa shape index (κ3) is 3.17. The van der Waals surface area contributed by atoms with E-state index in [9.17, 15) is 0 Å². The molecule has 0 spiro atoms. The fourth-order valence-electron chi connectivity index (χ4n) is 0.881. The standard InChI is InChI=1S/C9H12BrNS/c10-9-4-2-1-3-8(9)7-12-6-5-11/h1-4H,5-7,11H2. The van der Waals surface area contributed by atoms with Gasteiger partial charge in [-0.1, -0.05) is 34.1 Å². The van der Waals surface area contributed by atoms with E-state index in [1.54, 1.807) is 0 Å². The molecule has 2 N–H and O–H groups in total. The van der Waals surface area contributed by atoms with Crippen molar-refractivity contribution >= 4 is 27.7 Å². The number of benzene rings is 1. The van der Waals surface area contributed by atoms with E-state index in [0.29, 0.717) is 0 Å². The molecule has 0 saturated carbocycles. The summed E-state index contributed by atoms with van der Waals surface area (Å²) in [5.41, 5.74) is 6.74. The SMILES string of the molecule is NCCSCc1ccccc1Br. The van der Waals surface area contributed by atoms with Gasteiger partial charge in [0.2, 0.25) is 0 Å². The number of hydrogen-bond acceptors (Lipinski definition) is 2. The molecule has 0 aliphatic rings. The van der Waals surface area contributed by atoms with Crippen molar-refractivity contribution in [1.82, 2.24) is 0 Å². The summed E-state index contributed by atoms with van der Waals surface area (Å²) in [4.78, 5) is 0. The van der Waals surface area contributed by atoms with Crippen molar-refractivity contribution in [2.75, 3.05) is 12.3 Å². The Labute approximate surface area is 85.9 Å². The van der Waals surface area contributed by atoms with Gasteiger partial charge in [0.1, 0.15) is 0 Å². The van der Waals surface area contributed by atoms with Gasteiger partial charge in [0, 0.05) is 22.5 Å². The van der Waals surface area contributed by atoms with E-state index in [1.165, 1.54) is 10.0 Å². The molecule has 0 radical (unpaired) electrons. The van der Waals surface area contributed by atoms with E-state index in [4.69, 9.17) is 5.73 Å². The number of nitrogens with two attached hydrogens (primary N) is 1. The first kappa shape index (κ1) is 10.1. The highest BCUT2D eigenvalue weighted by molar-refractivity contribution is 9.10. The van der Waals surface area contributed by atoms with Crippen LogP contribution in [0.4, 0.5) is 0 Å². The van der Waals surface area contributed by atoms with Gasteiger partial charge in [0.15, 0.2) is 0 Å². The predicted molar refractivity (Wildman–Crippen MR) is 59.4 cm³/mol. The van der Waals surface area contributed by atoms with Gasteiger partial charge in [-0.25, -0.2) is 0 Å². The van der Waals surface area contributed by atoms with Crippen LogP contribution in [0.3, 0.4) is 0 Å². The van der Waals surface area contributed by atoms with Crippen LogP contribution in [0, 0.1) is 0 Å². The monoisotopic (exact) mass is 245 g/mol. The van der Waals surface area contributed by atoms with Crippen molar-refractivity contribution in [3.05, 3.63) is 34.3 Å². The molecule has 1 aromatic rings. The Morgan fingerprint density at radius 1 is 1.33 bits per heavy atom. The van der Waals surface area contributed by atoms with Crippen molar-refractivity contribution in [1.29, 1.82) is 0 Å². The second kappa shape index (κ2) is 5.62. The first-order valence-electron chi connectivity index (χ1n) is 3.86. The molecule has 1 nitrogen and oxygen atoms in total. The van der Waals surface area contributed by atoms with E-state index in [-0.39, 0.29) is 0 Å². The Bertz CT molecular complexity index is 240. The summed E-state index contributed by atoms with van der Waals surface area (Å²) in [6.07, 6.45) is 0. The molecule has 0 fully saturated rings. The molecule has 0 atom stereocenters.